The summed E-state index contributed by atoms with van der Waals surface area (Å²) in [6, 6.07) is 6.18. The summed E-state index contributed by atoms with van der Waals surface area (Å²) in [5.41, 5.74) is 7.71. The topological polar surface area (TPSA) is 49.5 Å². The molecular weight excluding hydrogens is 292 g/mol. The lowest BCUT2D eigenvalue weighted by Gasteiger charge is -2.39. The summed E-state index contributed by atoms with van der Waals surface area (Å²) in [5.74, 6) is 0. The second-order valence-electron chi connectivity index (χ2n) is 5.51. The molecule has 2 rings (SSSR count). The van der Waals surface area contributed by atoms with E-state index in [9.17, 15) is 5.11 Å². The molecule has 0 bridgehead atoms. The molecule has 1 saturated heterocycles. The van der Waals surface area contributed by atoms with Gasteiger partial charge in [0.05, 0.1) is 5.60 Å². The van der Waals surface area contributed by atoms with Gasteiger partial charge in [0.1, 0.15) is 0 Å². The summed E-state index contributed by atoms with van der Waals surface area (Å²) in [6.45, 7) is 5.55. The van der Waals surface area contributed by atoms with Crippen molar-refractivity contribution >= 4 is 21.6 Å². The van der Waals surface area contributed by atoms with Crippen LogP contribution in [0.15, 0.2) is 22.7 Å². The quantitative estimate of drug-likeness (QED) is 0.883. The fraction of sp³-hybridized carbons (Fsp3) is 0.571. The van der Waals surface area contributed by atoms with Crippen LogP contribution in [-0.2, 0) is 0 Å². The van der Waals surface area contributed by atoms with Crippen molar-refractivity contribution < 1.29 is 5.11 Å². The molecule has 1 aromatic rings. The highest BCUT2D eigenvalue weighted by Gasteiger charge is 2.29. The summed E-state index contributed by atoms with van der Waals surface area (Å²) in [4.78, 5) is 2.24. The largest absolute Gasteiger partial charge is 0.388 e. The third kappa shape index (κ3) is 3.05. The zero-order valence-electron chi connectivity index (χ0n) is 11.0. The lowest BCUT2D eigenvalue weighted by atomic mass is 9.93. The molecule has 4 heteroatoms. The third-order valence-corrected chi connectivity index (χ3v) is 3.99. The highest BCUT2D eigenvalue weighted by molar-refractivity contribution is 9.10. The number of hydrogen-bond donors (Lipinski definition) is 2. The third-order valence-electron chi connectivity index (χ3n) is 3.50. The first-order valence-corrected chi connectivity index (χ1v) is 7.21. The molecule has 18 heavy (non-hydrogen) atoms. The molecule has 100 valence electrons. The Kier molecular flexibility index (Phi) is 3.99. The molecule has 1 aliphatic heterocycles. The lowest BCUT2D eigenvalue weighted by molar-refractivity contribution is 0.0449. The van der Waals surface area contributed by atoms with Gasteiger partial charge in [-0.05, 0) is 44.4 Å². The number of nitrogens with zero attached hydrogens (tertiary/aromatic N) is 1. The molecule has 0 aliphatic carbocycles. The van der Waals surface area contributed by atoms with Crippen LogP contribution in [0.1, 0.15) is 38.3 Å². The van der Waals surface area contributed by atoms with E-state index >= 15 is 0 Å². The lowest BCUT2D eigenvalue weighted by Crippen LogP contribution is -2.46. The van der Waals surface area contributed by atoms with Crippen LogP contribution >= 0.6 is 15.9 Å². The summed E-state index contributed by atoms with van der Waals surface area (Å²) in [7, 11) is 0. The molecule has 0 amide bonds. The predicted octanol–water partition coefficient (Wildman–Crippen LogP) is 2.82. The number of halogens is 1. The predicted molar refractivity (Wildman–Crippen MR) is 78.8 cm³/mol. The molecule has 1 aliphatic rings. The van der Waals surface area contributed by atoms with Crippen LogP contribution in [0, 0.1) is 0 Å². The first-order valence-electron chi connectivity index (χ1n) is 6.41. The van der Waals surface area contributed by atoms with Gasteiger partial charge in [0.25, 0.3) is 0 Å². The van der Waals surface area contributed by atoms with Crippen molar-refractivity contribution in [2.45, 2.75) is 38.3 Å². The van der Waals surface area contributed by atoms with Gasteiger partial charge in [-0.25, -0.2) is 0 Å². The Morgan fingerprint density at radius 1 is 1.50 bits per heavy atom. The maximum absolute atomic E-state index is 10.2. The van der Waals surface area contributed by atoms with Crippen molar-refractivity contribution in [3.63, 3.8) is 0 Å². The fourth-order valence-corrected chi connectivity index (χ4v) is 2.95. The zero-order chi connectivity index (χ0) is 13.3. The average molecular weight is 313 g/mol. The van der Waals surface area contributed by atoms with Crippen molar-refractivity contribution in [1.82, 2.24) is 0 Å². The van der Waals surface area contributed by atoms with Crippen LogP contribution in [0.25, 0.3) is 0 Å². The van der Waals surface area contributed by atoms with E-state index in [-0.39, 0.29) is 6.04 Å². The van der Waals surface area contributed by atoms with Gasteiger partial charge in [-0.15, -0.1) is 0 Å². The smallest absolute Gasteiger partial charge is 0.0794 e. The van der Waals surface area contributed by atoms with E-state index < -0.39 is 5.60 Å². The molecule has 3 N–H and O–H groups in total. The van der Waals surface area contributed by atoms with Crippen LogP contribution in [-0.4, -0.2) is 23.8 Å². The molecule has 3 nitrogen and oxygen atoms in total. The van der Waals surface area contributed by atoms with Crippen molar-refractivity contribution in [3.8, 4) is 0 Å². The Hall–Kier alpha value is -0.580. The number of rotatable bonds is 2. The number of anilines is 1. The van der Waals surface area contributed by atoms with Gasteiger partial charge in [0, 0.05) is 29.3 Å². The van der Waals surface area contributed by atoms with Gasteiger partial charge in [-0.2, -0.15) is 0 Å². The molecule has 0 radical (unpaired) electrons. The molecule has 2 unspecified atom stereocenters. The number of aliphatic hydroxyl groups is 1. The molecule has 1 aromatic carbocycles. The molecule has 1 heterocycles. The maximum Gasteiger partial charge on any atom is 0.0794 e. The second-order valence-corrected chi connectivity index (χ2v) is 6.43. The fourth-order valence-electron chi connectivity index (χ4n) is 2.60. The number of nitrogens with two attached hydrogens (primary N) is 1. The Bertz CT molecular complexity index is 432. The highest BCUT2D eigenvalue weighted by atomic mass is 79.9. The van der Waals surface area contributed by atoms with Gasteiger partial charge >= 0.3 is 0 Å². The summed E-state index contributed by atoms with van der Waals surface area (Å²) >= 11 is 3.51. The van der Waals surface area contributed by atoms with Crippen molar-refractivity contribution in [2.24, 2.45) is 5.73 Å². The monoisotopic (exact) mass is 312 g/mol. The second kappa shape index (κ2) is 5.19. The van der Waals surface area contributed by atoms with Crippen LogP contribution in [0.3, 0.4) is 0 Å². The SMILES string of the molecule is CC(N)c1ccc(Br)cc1N1CCCC(C)(O)C1. The van der Waals surface area contributed by atoms with Gasteiger partial charge < -0.3 is 15.7 Å². The molecule has 0 aromatic heterocycles. The maximum atomic E-state index is 10.2. The molecule has 0 saturated carbocycles. The minimum Gasteiger partial charge on any atom is -0.388 e. The van der Waals surface area contributed by atoms with E-state index in [1.54, 1.807) is 0 Å². The van der Waals surface area contributed by atoms with Gasteiger partial charge in [0.15, 0.2) is 0 Å². The summed E-state index contributed by atoms with van der Waals surface area (Å²) < 4.78 is 1.05. The molecule has 2 atom stereocenters. The minimum atomic E-state index is -0.602. The Labute approximate surface area is 117 Å². The molecule has 1 fully saturated rings. The Morgan fingerprint density at radius 2 is 2.22 bits per heavy atom. The van der Waals surface area contributed by atoms with Crippen LogP contribution < -0.4 is 10.6 Å². The number of hydrogen-bond acceptors (Lipinski definition) is 3. The van der Waals surface area contributed by atoms with E-state index in [1.807, 2.05) is 19.9 Å². The Balaban J connectivity index is 2.34. The van der Waals surface area contributed by atoms with Crippen molar-refractivity contribution in [1.29, 1.82) is 0 Å². The average Bonchev–Trinajstić information content (AvgIpc) is 2.27. The number of benzene rings is 1. The standard InChI is InChI=1S/C14H21BrN2O/c1-10(16)12-5-4-11(15)8-13(12)17-7-3-6-14(2,18)9-17/h4-5,8,10,18H,3,6-7,9,16H2,1-2H3. The zero-order valence-corrected chi connectivity index (χ0v) is 12.6. The van der Waals surface area contributed by atoms with Crippen molar-refractivity contribution in [3.05, 3.63) is 28.2 Å². The van der Waals surface area contributed by atoms with E-state index in [2.05, 4.69) is 33.0 Å². The van der Waals surface area contributed by atoms with Gasteiger partial charge in [-0.3, -0.25) is 0 Å². The summed E-state index contributed by atoms with van der Waals surface area (Å²) in [5, 5.41) is 10.2. The first kappa shape index (κ1) is 13.8. The van der Waals surface area contributed by atoms with Crippen LogP contribution in [0.2, 0.25) is 0 Å². The van der Waals surface area contributed by atoms with Crippen LogP contribution in [0.5, 0.6) is 0 Å². The van der Waals surface area contributed by atoms with E-state index in [0.29, 0.717) is 6.54 Å². The van der Waals surface area contributed by atoms with Gasteiger partial charge in [-0.1, -0.05) is 22.0 Å². The van der Waals surface area contributed by atoms with Crippen LogP contribution in [0.4, 0.5) is 5.69 Å². The number of piperidine rings is 1. The highest BCUT2D eigenvalue weighted by Crippen LogP contribution is 2.32. The van der Waals surface area contributed by atoms with E-state index in [4.69, 9.17) is 5.73 Å². The first-order chi connectivity index (χ1) is 8.39. The van der Waals surface area contributed by atoms with Crippen molar-refractivity contribution in [2.75, 3.05) is 18.0 Å². The number of β-amino-alcohol motifs (C(OH)–C–C–N with tert-alkyl or cyclic N) is 1. The van der Waals surface area contributed by atoms with E-state index in [1.165, 1.54) is 0 Å². The van der Waals surface area contributed by atoms with Gasteiger partial charge in [0.2, 0.25) is 0 Å². The summed E-state index contributed by atoms with van der Waals surface area (Å²) in [6.07, 6.45) is 1.88. The minimum absolute atomic E-state index is 0.0000227. The normalized spacial score (nSPS) is 26.2. The Morgan fingerprint density at radius 3 is 2.83 bits per heavy atom. The molecular formula is C14H21BrN2O. The van der Waals surface area contributed by atoms with E-state index in [0.717, 1.165) is 35.1 Å². The molecule has 0 spiro atoms.